The van der Waals surface area contributed by atoms with Crippen LogP contribution in [0.1, 0.15) is 11.6 Å². The number of nitrogens with one attached hydrogen (secondary N) is 1. The van der Waals surface area contributed by atoms with E-state index in [0.29, 0.717) is 12.4 Å². The maximum Gasteiger partial charge on any atom is 0.127 e. The number of rotatable bonds is 5. The maximum absolute atomic E-state index is 9.18. The second kappa shape index (κ2) is 5.35. The Labute approximate surface area is 100.0 Å². The number of hydrogen-bond donors (Lipinski definition) is 3. The van der Waals surface area contributed by atoms with Crippen molar-refractivity contribution >= 4 is 0 Å². The molecule has 0 saturated heterocycles. The Morgan fingerprint density at radius 3 is 3.12 bits per heavy atom. The molecule has 2 rings (SSSR count). The fourth-order valence-corrected chi connectivity index (χ4v) is 1.76. The zero-order chi connectivity index (χ0) is 12.3. The average molecular weight is 239 g/mol. The van der Waals surface area contributed by atoms with Gasteiger partial charge >= 0.3 is 0 Å². The van der Waals surface area contributed by atoms with Crippen LogP contribution in [-0.2, 0) is 0 Å². The second-order valence-corrected chi connectivity index (χ2v) is 4.00. The smallest absolute Gasteiger partial charge is 0.127 e. The maximum atomic E-state index is 9.18. The van der Waals surface area contributed by atoms with Crippen molar-refractivity contribution in [2.75, 3.05) is 26.9 Å². The van der Waals surface area contributed by atoms with Gasteiger partial charge in [-0.3, -0.25) is 0 Å². The van der Waals surface area contributed by atoms with Gasteiger partial charge < -0.3 is 25.0 Å². The van der Waals surface area contributed by atoms with Crippen LogP contribution in [0, 0.1) is 0 Å². The molecule has 1 aromatic rings. The lowest BCUT2D eigenvalue weighted by Gasteiger charge is -2.11. The van der Waals surface area contributed by atoms with Crippen molar-refractivity contribution in [3.63, 3.8) is 0 Å². The molecule has 94 valence electrons. The van der Waals surface area contributed by atoms with E-state index in [0.717, 1.165) is 11.3 Å². The molecule has 5 heteroatoms. The fourth-order valence-electron chi connectivity index (χ4n) is 1.76. The first-order valence-corrected chi connectivity index (χ1v) is 5.60. The summed E-state index contributed by atoms with van der Waals surface area (Å²) in [6.07, 6.45) is -0.853. The van der Waals surface area contributed by atoms with Crippen LogP contribution in [0.2, 0.25) is 0 Å². The largest absolute Gasteiger partial charge is 0.491 e. The zero-order valence-electron chi connectivity index (χ0n) is 9.72. The third-order valence-corrected chi connectivity index (χ3v) is 2.77. The standard InChI is InChI=1S/C12H17NO4/c1-13-11-7-17-12-4-9(2-3-10(11)12)16-6-8(15)5-14/h2-4,8,11,13-15H,5-7H2,1H3. The summed E-state index contributed by atoms with van der Waals surface area (Å²) in [5, 5.41) is 21.0. The van der Waals surface area contributed by atoms with Crippen LogP contribution in [0.15, 0.2) is 18.2 Å². The molecule has 17 heavy (non-hydrogen) atoms. The molecule has 5 nitrogen and oxygen atoms in total. The van der Waals surface area contributed by atoms with Gasteiger partial charge in [-0.15, -0.1) is 0 Å². The number of aliphatic hydroxyl groups excluding tert-OH is 2. The van der Waals surface area contributed by atoms with Gasteiger partial charge in [0.25, 0.3) is 0 Å². The molecule has 0 fully saturated rings. The van der Waals surface area contributed by atoms with E-state index in [2.05, 4.69) is 5.32 Å². The van der Waals surface area contributed by atoms with Gasteiger partial charge in [0, 0.05) is 11.6 Å². The molecule has 0 radical (unpaired) electrons. The molecule has 0 amide bonds. The van der Waals surface area contributed by atoms with Crippen LogP contribution in [0.25, 0.3) is 0 Å². The van der Waals surface area contributed by atoms with Crippen LogP contribution in [0.4, 0.5) is 0 Å². The molecule has 0 aromatic heterocycles. The Morgan fingerprint density at radius 2 is 2.41 bits per heavy atom. The molecule has 3 N–H and O–H groups in total. The van der Waals surface area contributed by atoms with E-state index >= 15 is 0 Å². The summed E-state index contributed by atoms with van der Waals surface area (Å²) in [5.41, 5.74) is 1.11. The van der Waals surface area contributed by atoms with Crippen molar-refractivity contribution in [1.82, 2.24) is 5.32 Å². The predicted molar refractivity (Wildman–Crippen MR) is 62.3 cm³/mol. The Hall–Kier alpha value is -1.30. The molecular weight excluding hydrogens is 222 g/mol. The van der Waals surface area contributed by atoms with E-state index in [9.17, 15) is 5.11 Å². The summed E-state index contributed by atoms with van der Waals surface area (Å²) in [7, 11) is 1.89. The lowest BCUT2D eigenvalue weighted by atomic mass is 10.1. The van der Waals surface area contributed by atoms with Crippen molar-refractivity contribution < 1.29 is 19.7 Å². The van der Waals surface area contributed by atoms with Crippen molar-refractivity contribution in [2.45, 2.75) is 12.1 Å². The zero-order valence-corrected chi connectivity index (χ0v) is 9.72. The third-order valence-electron chi connectivity index (χ3n) is 2.77. The molecular formula is C12H17NO4. The quantitative estimate of drug-likeness (QED) is 0.678. The first kappa shape index (κ1) is 12.2. The number of aliphatic hydroxyl groups is 2. The minimum atomic E-state index is -0.853. The second-order valence-electron chi connectivity index (χ2n) is 4.00. The van der Waals surface area contributed by atoms with Gasteiger partial charge in [-0.2, -0.15) is 0 Å². The van der Waals surface area contributed by atoms with Gasteiger partial charge in [0.15, 0.2) is 0 Å². The van der Waals surface area contributed by atoms with Crippen molar-refractivity contribution in [2.24, 2.45) is 0 Å². The number of benzene rings is 1. The van der Waals surface area contributed by atoms with Gasteiger partial charge in [-0.05, 0) is 19.2 Å². The van der Waals surface area contributed by atoms with E-state index in [-0.39, 0.29) is 19.3 Å². The van der Waals surface area contributed by atoms with Crippen LogP contribution >= 0.6 is 0 Å². The van der Waals surface area contributed by atoms with Crippen LogP contribution in [0.5, 0.6) is 11.5 Å². The minimum absolute atomic E-state index is 0.0741. The predicted octanol–water partition coefficient (Wildman–Crippen LogP) is 0.0715. The summed E-state index contributed by atoms with van der Waals surface area (Å²) < 4.78 is 10.9. The van der Waals surface area contributed by atoms with Gasteiger partial charge in [0.1, 0.15) is 30.8 Å². The highest BCUT2D eigenvalue weighted by Gasteiger charge is 2.22. The monoisotopic (exact) mass is 239 g/mol. The number of hydrogen-bond acceptors (Lipinski definition) is 5. The fraction of sp³-hybridized carbons (Fsp3) is 0.500. The SMILES string of the molecule is CNC1COc2cc(OCC(O)CO)ccc21. The van der Waals surface area contributed by atoms with Crippen LogP contribution in [0.3, 0.4) is 0 Å². The Bertz CT molecular complexity index is 383. The van der Waals surface area contributed by atoms with Crippen molar-refractivity contribution in [3.8, 4) is 11.5 Å². The highest BCUT2D eigenvalue weighted by atomic mass is 16.5. The highest BCUT2D eigenvalue weighted by molar-refractivity contribution is 5.44. The highest BCUT2D eigenvalue weighted by Crippen LogP contribution is 2.34. The molecule has 0 bridgehead atoms. The number of fused-ring (bicyclic) bond motifs is 1. The van der Waals surface area contributed by atoms with Crippen molar-refractivity contribution in [3.05, 3.63) is 23.8 Å². The van der Waals surface area contributed by atoms with E-state index in [1.807, 2.05) is 19.2 Å². The average Bonchev–Trinajstić information content (AvgIpc) is 2.78. The summed E-state index contributed by atoms with van der Waals surface area (Å²) in [6.45, 7) is 0.391. The van der Waals surface area contributed by atoms with Crippen molar-refractivity contribution in [1.29, 1.82) is 0 Å². The Kier molecular flexibility index (Phi) is 3.83. The molecule has 1 heterocycles. The first-order valence-electron chi connectivity index (χ1n) is 5.60. The van der Waals surface area contributed by atoms with Gasteiger partial charge in [0.2, 0.25) is 0 Å². The normalized spacial score (nSPS) is 19.6. The summed E-state index contributed by atoms with van der Waals surface area (Å²) in [6, 6.07) is 5.81. The summed E-state index contributed by atoms with van der Waals surface area (Å²) in [5.74, 6) is 1.44. The minimum Gasteiger partial charge on any atom is -0.491 e. The molecule has 0 aliphatic carbocycles. The third kappa shape index (κ3) is 2.69. The Morgan fingerprint density at radius 1 is 1.59 bits per heavy atom. The van der Waals surface area contributed by atoms with Gasteiger partial charge in [-0.1, -0.05) is 0 Å². The topological polar surface area (TPSA) is 71.0 Å². The molecule has 0 spiro atoms. The summed E-state index contributed by atoms with van der Waals surface area (Å²) >= 11 is 0. The lowest BCUT2D eigenvalue weighted by molar-refractivity contribution is 0.0535. The molecule has 2 atom stereocenters. The van der Waals surface area contributed by atoms with E-state index in [1.54, 1.807) is 6.07 Å². The van der Waals surface area contributed by atoms with E-state index in [4.69, 9.17) is 14.6 Å². The molecule has 1 aliphatic heterocycles. The van der Waals surface area contributed by atoms with E-state index in [1.165, 1.54) is 0 Å². The van der Waals surface area contributed by atoms with Crippen LogP contribution in [-0.4, -0.2) is 43.2 Å². The molecule has 1 aromatic carbocycles. The molecule has 0 saturated carbocycles. The first-order chi connectivity index (χ1) is 8.24. The van der Waals surface area contributed by atoms with Crippen LogP contribution < -0.4 is 14.8 Å². The summed E-state index contributed by atoms with van der Waals surface area (Å²) in [4.78, 5) is 0. The molecule has 1 aliphatic rings. The molecule has 2 unspecified atom stereocenters. The lowest BCUT2D eigenvalue weighted by Crippen LogP contribution is -2.21. The Balaban J connectivity index is 2.03. The van der Waals surface area contributed by atoms with Gasteiger partial charge in [-0.25, -0.2) is 0 Å². The number of ether oxygens (including phenoxy) is 2. The number of likely N-dealkylation sites (N-methyl/N-ethyl adjacent to an activating group) is 1. The van der Waals surface area contributed by atoms with E-state index < -0.39 is 6.10 Å². The van der Waals surface area contributed by atoms with Gasteiger partial charge in [0.05, 0.1) is 12.6 Å².